The topological polar surface area (TPSA) is 66.5 Å². The summed E-state index contributed by atoms with van der Waals surface area (Å²) in [6.45, 7) is 2.03. The number of nitrogens with one attached hydrogen (secondary N) is 1. The average molecular weight is 350 g/mol. The summed E-state index contributed by atoms with van der Waals surface area (Å²) < 4.78 is 27.0. The minimum absolute atomic E-state index is 0.195. The summed E-state index contributed by atoms with van der Waals surface area (Å²) in [7, 11) is -3.68. The molecule has 1 N–H and O–H groups in total. The molecule has 0 unspecified atom stereocenters. The van der Waals surface area contributed by atoms with Crippen LogP contribution >= 0.6 is 11.3 Å². The lowest BCUT2D eigenvalue weighted by Crippen LogP contribution is -2.33. The minimum atomic E-state index is -3.68. The first-order valence-corrected chi connectivity index (χ1v) is 9.82. The van der Waals surface area contributed by atoms with Crippen LogP contribution in [0.25, 0.3) is 0 Å². The van der Waals surface area contributed by atoms with E-state index in [1.807, 2.05) is 0 Å². The summed E-state index contributed by atoms with van der Waals surface area (Å²) in [4.78, 5) is 13.0. The van der Waals surface area contributed by atoms with E-state index in [1.165, 1.54) is 15.6 Å². The van der Waals surface area contributed by atoms with Crippen molar-refractivity contribution in [3.63, 3.8) is 0 Å². The maximum absolute atomic E-state index is 12.9. The molecule has 0 bridgehead atoms. The van der Waals surface area contributed by atoms with Crippen molar-refractivity contribution >= 4 is 33.0 Å². The Morgan fingerprint density at radius 3 is 2.57 bits per heavy atom. The highest BCUT2D eigenvalue weighted by molar-refractivity contribution is 7.92. The van der Waals surface area contributed by atoms with Gasteiger partial charge in [0.05, 0.1) is 10.6 Å². The molecule has 1 aromatic carbocycles. The van der Waals surface area contributed by atoms with Gasteiger partial charge in [0, 0.05) is 12.6 Å². The van der Waals surface area contributed by atoms with E-state index in [4.69, 9.17) is 0 Å². The number of anilines is 1. The van der Waals surface area contributed by atoms with Gasteiger partial charge in [-0.05, 0) is 43.3 Å². The van der Waals surface area contributed by atoms with E-state index in [0.717, 1.165) is 12.8 Å². The maximum Gasteiger partial charge on any atom is 0.264 e. The standard InChI is InChI=1S/C16H18N2O3S2/c1-2-18(23(20,21)13-6-4-3-5-7-13)14-10-11-22-15(14)16(19)17-12-8-9-12/h3-7,10-12H,2,8-9H2,1H3,(H,17,19). The Bertz CT molecular complexity index is 796. The fourth-order valence-electron chi connectivity index (χ4n) is 2.34. The molecule has 0 saturated heterocycles. The number of nitrogens with zero attached hydrogens (tertiary/aromatic N) is 1. The van der Waals surface area contributed by atoms with Crippen LogP contribution in [0.1, 0.15) is 29.4 Å². The largest absolute Gasteiger partial charge is 0.349 e. The number of sulfonamides is 1. The maximum atomic E-state index is 12.9. The van der Waals surface area contributed by atoms with Crippen molar-refractivity contribution in [1.29, 1.82) is 0 Å². The van der Waals surface area contributed by atoms with E-state index in [-0.39, 0.29) is 23.4 Å². The van der Waals surface area contributed by atoms with Crippen molar-refractivity contribution in [2.45, 2.75) is 30.7 Å². The van der Waals surface area contributed by atoms with Crippen LogP contribution in [0.5, 0.6) is 0 Å². The van der Waals surface area contributed by atoms with Gasteiger partial charge in [0.1, 0.15) is 4.88 Å². The number of benzene rings is 1. The predicted octanol–water partition coefficient (Wildman–Crippen LogP) is 2.86. The van der Waals surface area contributed by atoms with Gasteiger partial charge in [0.25, 0.3) is 15.9 Å². The van der Waals surface area contributed by atoms with Crippen molar-refractivity contribution in [3.05, 3.63) is 46.7 Å². The second-order valence-corrected chi connectivity index (χ2v) is 8.14. The third kappa shape index (κ3) is 3.25. The summed E-state index contributed by atoms with van der Waals surface area (Å²) in [6.07, 6.45) is 1.98. The van der Waals surface area contributed by atoms with Crippen molar-refractivity contribution in [1.82, 2.24) is 5.32 Å². The van der Waals surface area contributed by atoms with Crippen molar-refractivity contribution in [2.24, 2.45) is 0 Å². The summed E-state index contributed by atoms with van der Waals surface area (Å²) in [5, 5.41) is 4.67. The fraction of sp³-hybridized carbons (Fsp3) is 0.312. The Morgan fingerprint density at radius 1 is 1.26 bits per heavy atom. The zero-order chi connectivity index (χ0) is 16.4. The van der Waals surface area contributed by atoms with Crippen LogP contribution in [0.2, 0.25) is 0 Å². The van der Waals surface area contributed by atoms with Crippen molar-refractivity contribution in [3.8, 4) is 0 Å². The molecule has 1 aliphatic rings. The lowest BCUT2D eigenvalue weighted by Gasteiger charge is -2.23. The molecule has 122 valence electrons. The number of hydrogen-bond acceptors (Lipinski definition) is 4. The SMILES string of the molecule is CCN(c1ccsc1C(=O)NC1CC1)S(=O)(=O)c1ccccc1. The highest BCUT2D eigenvalue weighted by Gasteiger charge is 2.30. The summed E-state index contributed by atoms with van der Waals surface area (Å²) in [5.74, 6) is -0.195. The smallest absolute Gasteiger partial charge is 0.264 e. The Morgan fingerprint density at radius 2 is 1.96 bits per heavy atom. The van der Waals surface area contributed by atoms with Gasteiger partial charge in [-0.2, -0.15) is 0 Å². The van der Waals surface area contributed by atoms with Gasteiger partial charge in [-0.3, -0.25) is 9.10 Å². The predicted molar refractivity (Wildman–Crippen MR) is 91.5 cm³/mol. The summed E-state index contributed by atoms with van der Waals surface area (Å²) in [6, 6.07) is 10.2. The number of rotatable bonds is 6. The molecular weight excluding hydrogens is 332 g/mol. The van der Waals surface area contributed by atoms with Crippen LogP contribution in [0.3, 0.4) is 0 Å². The molecule has 1 heterocycles. The molecule has 1 saturated carbocycles. The van der Waals surface area contributed by atoms with E-state index in [1.54, 1.807) is 48.7 Å². The Kier molecular flexibility index (Phi) is 4.41. The van der Waals surface area contributed by atoms with Gasteiger partial charge in [0.2, 0.25) is 0 Å². The highest BCUT2D eigenvalue weighted by atomic mass is 32.2. The molecule has 1 aromatic heterocycles. The zero-order valence-electron chi connectivity index (χ0n) is 12.7. The Hall–Kier alpha value is -1.86. The van der Waals surface area contributed by atoms with Gasteiger partial charge in [-0.25, -0.2) is 8.42 Å². The van der Waals surface area contributed by atoms with Gasteiger partial charge >= 0.3 is 0 Å². The van der Waals surface area contributed by atoms with Crippen molar-refractivity contribution < 1.29 is 13.2 Å². The second-order valence-electron chi connectivity index (χ2n) is 5.37. The molecule has 2 aromatic rings. The van der Waals surface area contributed by atoms with Crippen LogP contribution in [-0.4, -0.2) is 26.9 Å². The second kappa shape index (κ2) is 6.33. The highest BCUT2D eigenvalue weighted by Crippen LogP contribution is 2.31. The molecule has 1 fully saturated rings. The molecule has 3 rings (SSSR count). The van der Waals surface area contributed by atoms with E-state index < -0.39 is 10.0 Å². The first kappa shape index (κ1) is 16.0. The molecule has 0 aliphatic heterocycles. The number of thiophene rings is 1. The summed E-state index contributed by atoms with van der Waals surface area (Å²) >= 11 is 1.26. The first-order chi connectivity index (χ1) is 11.0. The molecule has 1 aliphatic carbocycles. The van der Waals surface area contributed by atoms with Gasteiger partial charge in [0.15, 0.2) is 0 Å². The monoisotopic (exact) mass is 350 g/mol. The third-order valence-electron chi connectivity index (χ3n) is 3.65. The molecule has 0 spiro atoms. The van der Waals surface area contributed by atoms with E-state index in [0.29, 0.717) is 10.6 Å². The van der Waals surface area contributed by atoms with Gasteiger partial charge in [-0.15, -0.1) is 11.3 Å². The number of carbonyl (C=O) groups excluding carboxylic acids is 1. The average Bonchev–Trinajstić information content (AvgIpc) is 3.23. The minimum Gasteiger partial charge on any atom is -0.349 e. The van der Waals surface area contributed by atoms with Gasteiger partial charge in [-0.1, -0.05) is 18.2 Å². The Labute approximate surface area is 140 Å². The van der Waals surface area contributed by atoms with Crippen LogP contribution in [-0.2, 0) is 10.0 Å². The van der Waals surface area contributed by atoms with Crippen LogP contribution in [0.15, 0.2) is 46.7 Å². The summed E-state index contributed by atoms with van der Waals surface area (Å²) in [5.41, 5.74) is 0.444. The van der Waals surface area contributed by atoms with Crippen LogP contribution in [0.4, 0.5) is 5.69 Å². The first-order valence-electron chi connectivity index (χ1n) is 7.50. The van der Waals surface area contributed by atoms with Gasteiger partial charge < -0.3 is 5.32 Å². The zero-order valence-corrected chi connectivity index (χ0v) is 14.4. The molecular formula is C16H18N2O3S2. The molecule has 1 amide bonds. The normalized spacial score (nSPS) is 14.5. The quantitative estimate of drug-likeness (QED) is 0.871. The molecule has 0 radical (unpaired) electrons. The van der Waals surface area contributed by atoms with E-state index >= 15 is 0 Å². The van der Waals surface area contributed by atoms with Crippen molar-refractivity contribution in [2.75, 3.05) is 10.8 Å². The lowest BCUT2D eigenvalue weighted by molar-refractivity contribution is 0.0956. The lowest BCUT2D eigenvalue weighted by atomic mass is 10.3. The number of hydrogen-bond donors (Lipinski definition) is 1. The molecule has 0 atom stereocenters. The molecule has 7 heteroatoms. The third-order valence-corrected chi connectivity index (χ3v) is 6.46. The molecule has 5 nitrogen and oxygen atoms in total. The fourth-order valence-corrected chi connectivity index (χ4v) is 4.70. The van der Waals surface area contributed by atoms with Crippen LogP contribution in [0, 0.1) is 0 Å². The van der Waals surface area contributed by atoms with E-state index in [2.05, 4.69) is 5.32 Å². The molecule has 23 heavy (non-hydrogen) atoms. The van der Waals surface area contributed by atoms with E-state index in [9.17, 15) is 13.2 Å². The van der Waals surface area contributed by atoms with Crippen LogP contribution < -0.4 is 9.62 Å². The Balaban J connectivity index is 1.95. The number of amides is 1. The number of carbonyl (C=O) groups is 1.